The molecule has 0 aliphatic heterocycles. The van der Waals surface area contributed by atoms with Crippen LogP contribution in [0.15, 0.2) is 12.1 Å². The molecular weight excluding hydrogens is 266 g/mol. The van der Waals surface area contributed by atoms with Crippen LogP contribution in [0.3, 0.4) is 0 Å². The van der Waals surface area contributed by atoms with Gasteiger partial charge in [-0.2, -0.15) is 22.0 Å². The minimum atomic E-state index is -4.97. The molecule has 0 saturated heterocycles. The van der Waals surface area contributed by atoms with Gasteiger partial charge in [-0.3, -0.25) is 4.79 Å². The molecule has 2 nitrogen and oxygen atoms in total. The lowest BCUT2D eigenvalue weighted by Crippen LogP contribution is -2.14. The van der Waals surface area contributed by atoms with Crippen molar-refractivity contribution in [3.8, 4) is 5.75 Å². The van der Waals surface area contributed by atoms with Gasteiger partial charge in [0.15, 0.2) is 17.3 Å². The van der Waals surface area contributed by atoms with E-state index < -0.39 is 41.3 Å². The topological polar surface area (TPSA) is 26.3 Å². The Morgan fingerprint density at radius 1 is 1.28 bits per heavy atom. The number of rotatable bonds is 3. The number of alkyl halides is 5. The summed E-state index contributed by atoms with van der Waals surface area (Å²) in [5.74, 6) is -3.77. The number of carbonyl (C=O) groups excluding carboxylic acids is 1. The highest BCUT2D eigenvalue weighted by molar-refractivity contribution is 5.96. The fourth-order valence-electron chi connectivity index (χ4n) is 1.27. The van der Waals surface area contributed by atoms with Crippen LogP contribution in [0.5, 0.6) is 5.75 Å². The van der Waals surface area contributed by atoms with E-state index in [1.54, 1.807) is 0 Å². The number of halogens is 6. The first-order chi connectivity index (χ1) is 8.12. The summed E-state index contributed by atoms with van der Waals surface area (Å²) in [7, 11) is 0. The second-order valence-electron chi connectivity index (χ2n) is 3.26. The highest BCUT2D eigenvalue weighted by atomic mass is 19.4. The molecular formula is C10H6F6O2. The highest BCUT2D eigenvalue weighted by Crippen LogP contribution is 2.35. The minimum absolute atomic E-state index is 0.0472. The summed E-state index contributed by atoms with van der Waals surface area (Å²) in [4.78, 5) is 11.0. The predicted octanol–water partition coefficient (Wildman–Crippen LogP) is 3.65. The summed E-state index contributed by atoms with van der Waals surface area (Å²) in [6.45, 7) is -2.61. The molecule has 1 aromatic carbocycles. The quantitative estimate of drug-likeness (QED) is 0.620. The molecule has 0 fully saturated rings. The van der Waals surface area contributed by atoms with E-state index in [4.69, 9.17) is 0 Å². The van der Waals surface area contributed by atoms with Gasteiger partial charge < -0.3 is 4.74 Å². The van der Waals surface area contributed by atoms with E-state index in [-0.39, 0.29) is 6.07 Å². The fraction of sp³-hybridized carbons (Fsp3) is 0.300. The van der Waals surface area contributed by atoms with Crippen molar-refractivity contribution >= 4 is 5.78 Å². The lowest BCUT2D eigenvalue weighted by atomic mass is 10.0. The molecule has 0 saturated carbocycles. The number of ether oxygens (including phenoxy) is 1. The molecule has 0 aliphatic carbocycles. The van der Waals surface area contributed by atoms with Gasteiger partial charge in [-0.05, 0) is 19.1 Å². The molecule has 8 heteroatoms. The summed E-state index contributed by atoms with van der Waals surface area (Å²) in [6.07, 6.45) is -4.97. The van der Waals surface area contributed by atoms with Crippen LogP contribution in [0.25, 0.3) is 0 Å². The Bertz CT molecular complexity index is 466. The second kappa shape index (κ2) is 4.87. The molecule has 0 bridgehead atoms. The van der Waals surface area contributed by atoms with E-state index in [2.05, 4.69) is 4.74 Å². The van der Waals surface area contributed by atoms with Gasteiger partial charge in [0.05, 0.1) is 5.56 Å². The lowest BCUT2D eigenvalue weighted by molar-refractivity contribution is -0.138. The van der Waals surface area contributed by atoms with E-state index >= 15 is 0 Å². The molecule has 100 valence electrons. The molecule has 0 atom stereocenters. The number of ketones is 1. The van der Waals surface area contributed by atoms with Gasteiger partial charge in [-0.15, -0.1) is 0 Å². The Labute approximate surface area is 97.2 Å². The maximum absolute atomic E-state index is 13.1. The minimum Gasteiger partial charge on any atom is -0.432 e. The van der Waals surface area contributed by atoms with E-state index in [1.807, 2.05) is 0 Å². The summed E-state index contributed by atoms with van der Waals surface area (Å²) in [5.41, 5.74) is -2.46. The van der Waals surface area contributed by atoms with Gasteiger partial charge in [0.25, 0.3) is 0 Å². The number of Topliss-reactive ketones (excluding diaryl/α,β-unsaturated/α-hetero) is 1. The molecule has 1 aromatic rings. The van der Waals surface area contributed by atoms with Crippen molar-refractivity contribution in [3.05, 3.63) is 29.1 Å². The maximum Gasteiger partial charge on any atom is 0.417 e. The molecule has 0 amide bonds. The normalized spacial score (nSPS) is 11.8. The molecule has 18 heavy (non-hydrogen) atoms. The average molecular weight is 272 g/mol. The van der Waals surface area contributed by atoms with E-state index in [0.29, 0.717) is 6.07 Å². The third-order valence-corrected chi connectivity index (χ3v) is 1.97. The van der Waals surface area contributed by atoms with Gasteiger partial charge >= 0.3 is 12.8 Å². The average Bonchev–Trinajstić information content (AvgIpc) is 2.17. The maximum atomic E-state index is 13.1. The SMILES string of the molecule is CC(=O)c1cc(OC(F)F)c(F)cc1C(F)(F)F. The Hall–Kier alpha value is -1.73. The Morgan fingerprint density at radius 2 is 1.83 bits per heavy atom. The fourth-order valence-corrected chi connectivity index (χ4v) is 1.27. The van der Waals surface area contributed by atoms with Gasteiger partial charge in [0, 0.05) is 5.56 Å². The molecule has 0 radical (unpaired) electrons. The van der Waals surface area contributed by atoms with Crippen molar-refractivity contribution in [3.63, 3.8) is 0 Å². The van der Waals surface area contributed by atoms with Crippen LogP contribution in [0.1, 0.15) is 22.8 Å². The van der Waals surface area contributed by atoms with Crippen molar-refractivity contribution < 1.29 is 35.9 Å². The molecule has 0 unspecified atom stereocenters. The van der Waals surface area contributed by atoms with E-state index in [1.165, 1.54) is 0 Å². The molecule has 0 heterocycles. The van der Waals surface area contributed by atoms with Crippen LogP contribution >= 0.6 is 0 Å². The second-order valence-corrected chi connectivity index (χ2v) is 3.26. The zero-order valence-corrected chi connectivity index (χ0v) is 8.82. The van der Waals surface area contributed by atoms with Crippen LogP contribution in [0, 0.1) is 5.82 Å². The van der Waals surface area contributed by atoms with E-state index in [9.17, 15) is 31.1 Å². The molecule has 0 spiro atoms. The monoisotopic (exact) mass is 272 g/mol. The third kappa shape index (κ3) is 3.14. The summed E-state index contributed by atoms with van der Waals surface area (Å²) < 4.78 is 78.0. The smallest absolute Gasteiger partial charge is 0.417 e. The first-order valence-electron chi connectivity index (χ1n) is 4.49. The van der Waals surface area contributed by atoms with Crippen molar-refractivity contribution in [1.29, 1.82) is 0 Å². The van der Waals surface area contributed by atoms with Crippen LogP contribution in [0.2, 0.25) is 0 Å². The predicted molar refractivity (Wildman–Crippen MR) is 48.0 cm³/mol. The van der Waals surface area contributed by atoms with Crippen molar-refractivity contribution in [2.75, 3.05) is 0 Å². The number of carbonyl (C=O) groups is 1. The van der Waals surface area contributed by atoms with E-state index in [0.717, 1.165) is 6.92 Å². The highest BCUT2D eigenvalue weighted by Gasteiger charge is 2.36. The summed E-state index contributed by atoms with van der Waals surface area (Å²) in [5, 5.41) is 0. The zero-order valence-electron chi connectivity index (χ0n) is 8.82. The zero-order chi connectivity index (χ0) is 14.1. The van der Waals surface area contributed by atoms with Crippen molar-refractivity contribution in [2.24, 2.45) is 0 Å². The number of hydrogen-bond acceptors (Lipinski definition) is 2. The number of hydrogen-bond donors (Lipinski definition) is 0. The van der Waals surface area contributed by atoms with Gasteiger partial charge in [0.1, 0.15) is 0 Å². The first-order valence-corrected chi connectivity index (χ1v) is 4.49. The number of benzene rings is 1. The largest absolute Gasteiger partial charge is 0.432 e. The summed E-state index contributed by atoms with van der Waals surface area (Å²) >= 11 is 0. The van der Waals surface area contributed by atoms with Gasteiger partial charge in [0.2, 0.25) is 0 Å². The van der Waals surface area contributed by atoms with Gasteiger partial charge in [-0.1, -0.05) is 0 Å². The van der Waals surface area contributed by atoms with Gasteiger partial charge in [-0.25, -0.2) is 4.39 Å². The summed E-state index contributed by atoms with van der Waals surface area (Å²) in [6, 6.07) is 0.265. The Kier molecular flexibility index (Phi) is 3.88. The third-order valence-electron chi connectivity index (χ3n) is 1.97. The van der Waals surface area contributed by atoms with Crippen molar-refractivity contribution in [1.82, 2.24) is 0 Å². The molecule has 0 aliphatic rings. The van der Waals surface area contributed by atoms with Crippen LogP contribution < -0.4 is 4.74 Å². The van der Waals surface area contributed by atoms with Crippen LogP contribution in [-0.2, 0) is 6.18 Å². The van der Waals surface area contributed by atoms with Crippen LogP contribution in [0.4, 0.5) is 26.3 Å². The Balaban J connectivity index is 3.39. The van der Waals surface area contributed by atoms with Crippen molar-refractivity contribution in [2.45, 2.75) is 19.7 Å². The lowest BCUT2D eigenvalue weighted by Gasteiger charge is -2.13. The molecule has 0 aromatic heterocycles. The Morgan fingerprint density at radius 3 is 2.22 bits per heavy atom. The first kappa shape index (κ1) is 14.3. The molecule has 1 rings (SSSR count). The molecule has 0 N–H and O–H groups in total. The standard InChI is InChI=1S/C10H6F6O2/c1-4(17)5-2-8(18-9(12)13)7(11)3-6(5)10(14,15)16/h2-3,9H,1H3. The van der Waals surface area contributed by atoms with Crippen LogP contribution in [-0.4, -0.2) is 12.4 Å².